The lowest BCUT2D eigenvalue weighted by Gasteiger charge is -2.21. The van der Waals surface area contributed by atoms with Gasteiger partial charge in [-0.2, -0.15) is 0 Å². The minimum atomic E-state index is -0.332. The van der Waals surface area contributed by atoms with Gasteiger partial charge < -0.3 is 5.73 Å². The van der Waals surface area contributed by atoms with Gasteiger partial charge in [0.15, 0.2) is 0 Å². The van der Waals surface area contributed by atoms with Crippen molar-refractivity contribution >= 4 is 9.52 Å². The Morgan fingerprint density at radius 2 is 2.13 bits per heavy atom. The molecule has 0 saturated carbocycles. The van der Waals surface area contributed by atoms with Crippen molar-refractivity contribution in [3.8, 4) is 0 Å². The third-order valence-electron chi connectivity index (χ3n) is 3.01. The highest BCUT2D eigenvalue weighted by molar-refractivity contribution is 6.39. The van der Waals surface area contributed by atoms with Gasteiger partial charge in [0, 0.05) is 9.52 Å². The van der Waals surface area contributed by atoms with Gasteiger partial charge in [0.25, 0.3) is 0 Å². The normalized spacial score (nSPS) is 15.8. The Morgan fingerprint density at radius 1 is 1.47 bits per heavy atom. The van der Waals surface area contributed by atoms with E-state index in [1.807, 2.05) is 19.1 Å². The molecule has 0 bridgehead atoms. The van der Waals surface area contributed by atoms with Gasteiger partial charge in [0.2, 0.25) is 0 Å². The predicted molar refractivity (Wildman–Crippen MR) is 66.3 cm³/mol. The second-order valence-electron chi connectivity index (χ2n) is 4.59. The Kier molecular flexibility index (Phi) is 4.05. The Bertz CT molecular complexity index is 336. The monoisotopic (exact) mass is 225 g/mol. The Morgan fingerprint density at radius 3 is 2.67 bits per heavy atom. The van der Waals surface area contributed by atoms with Crippen molar-refractivity contribution in [3.63, 3.8) is 0 Å². The maximum Gasteiger partial charge on any atom is 0.126 e. The molecule has 1 atom stereocenters. The van der Waals surface area contributed by atoms with Crippen LogP contribution in [0.1, 0.15) is 31.4 Å². The van der Waals surface area contributed by atoms with E-state index in [1.54, 1.807) is 6.07 Å². The molecule has 2 N–H and O–H groups in total. The highest BCUT2D eigenvalue weighted by Crippen LogP contribution is 2.11. The molecule has 0 aliphatic rings. The second kappa shape index (κ2) is 4.90. The summed E-state index contributed by atoms with van der Waals surface area (Å²) in [6.45, 7) is 6.06. The molecule has 0 aromatic heterocycles. The van der Waals surface area contributed by atoms with E-state index in [9.17, 15) is 4.39 Å². The molecule has 0 saturated heterocycles. The second-order valence-corrected chi connectivity index (χ2v) is 7.21. The smallest absolute Gasteiger partial charge is 0.126 e. The average molecular weight is 225 g/mol. The van der Waals surface area contributed by atoms with Crippen molar-refractivity contribution < 1.29 is 4.39 Å². The fraction of sp³-hybridized carbons (Fsp3) is 0.500. The number of benzene rings is 1. The van der Waals surface area contributed by atoms with Gasteiger partial charge in [-0.15, -0.1) is 0 Å². The number of hydrogen-bond acceptors (Lipinski definition) is 1. The topological polar surface area (TPSA) is 26.0 Å². The molecule has 84 valence electrons. The lowest BCUT2D eigenvalue weighted by molar-refractivity contribution is 0.617. The minimum Gasteiger partial charge on any atom is -0.329 e. The summed E-state index contributed by atoms with van der Waals surface area (Å²) < 4.78 is 13.0. The highest BCUT2D eigenvalue weighted by atomic mass is 28.2. The van der Waals surface area contributed by atoms with Gasteiger partial charge in [0.1, 0.15) is 5.82 Å². The van der Waals surface area contributed by atoms with E-state index < -0.39 is 0 Å². The van der Waals surface area contributed by atoms with Crippen LogP contribution in [0, 0.1) is 12.7 Å². The lowest BCUT2D eigenvalue weighted by Crippen LogP contribution is -2.42. The SMILES string of the molecule is CCC(C)(N)[SiH2]Cc1ccc(F)c(C)c1. The van der Waals surface area contributed by atoms with Crippen molar-refractivity contribution in [1.29, 1.82) is 0 Å². The fourth-order valence-corrected chi connectivity index (χ4v) is 2.99. The van der Waals surface area contributed by atoms with Crippen LogP contribution in [-0.2, 0) is 6.04 Å². The Labute approximate surface area is 93.7 Å². The average Bonchev–Trinajstić information content (AvgIpc) is 2.20. The first-order valence-corrected chi connectivity index (χ1v) is 7.19. The molecule has 0 radical (unpaired) electrons. The molecule has 15 heavy (non-hydrogen) atoms. The van der Waals surface area contributed by atoms with E-state index in [2.05, 4.69) is 13.8 Å². The maximum absolute atomic E-state index is 13.0. The summed E-state index contributed by atoms with van der Waals surface area (Å²) in [7, 11) is -0.332. The summed E-state index contributed by atoms with van der Waals surface area (Å²) >= 11 is 0. The first-order valence-electron chi connectivity index (χ1n) is 5.48. The fourth-order valence-electron chi connectivity index (χ4n) is 1.47. The molecule has 1 rings (SSSR count). The standard InChI is InChI=1S/C12H20FNSi/c1-4-12(3,14)15-8-10-5-6-11(13)9(2)7-10/h5-7H,4,8,14-15H2,1-3H3. The maximum atomic E-state index is 13.0. The molecule has 0 amide bonds. The van der Waals surface area contributed by atoms with E-state index >= 15 is 0 Å². The van der Waals surface area contributed by atoms with E-state index in [1.165, 1.54) is 5.56 Å². The molecule has 1 aromatic carbocycles. The van der Waals surface area contributed by atoms with Gasteiger partial charge >= 0.3 is 0 Å². The minimum absolute atomic E-state index is 0.0301. The summed E-state index contributed by atoms with van der Waals surface area (Å²) in [5, 5.41) is 0.0301. The zero-order chi connectivity index (χ0) is 11.5. The van der Waals surface area contributed by atoms with Gasteiger partial charge in [-0.05, 0) is 36.2 Å². The van der Waals surface area contributed by atoms with Crippen LogP contribution in [-0.4, -0.2) is 14.7 Å². The van der Waals surface area contributed by atoms with E-state index in [0.717, 1.165) is 18.0 Å². The molecule has 0 heterocycles. The number of hydrogen-bond donors (Lipinski definition) is 1. The number of halogens is 1. The van der Waals surface area contributed by atoms with Crippen molar-refractivity contribution in [1.82, 2.24) is 0 Å². The van der Waals surface area contributed by atoms with Crippen LogP contribution < -0.4 is 5.73 Å². The summed E-state index contributed by atoms with van der Waals surface area (Å²) in [6, 6.07) is 6.43. The molecule has 1 aromatic rings. The summed E-state index contributed by atoms with van der Waals surface area (Å²) in [4.78, 5) is 0. The number of aryl methyl sites for hydroxylation is 1. The zero-order valence-corrected chi connectivity index (χ0v) is 11.2. The Balaban J connectivity index is 2.62. The highest BCUT2D eigenvalue weighted by Gasteiger charge is 2.15. The number of nitrogens with two attached hydrogens (primary N) is 1. The van der Waals surface area contributed by atoms with E-state index in [4.69, 9.17) is 5.73 Å². The molecular weight excluding hydrogens is 205 g/mol. The molecule has 0 aliphatic heterocycles. The first-order chi connectivity index (χ1) is 6.94. The van der Waals surface area contributed by atoms with Crippen LogP contribution in [0.15, 0.2) is 18.2 Å². The summed E-state index contributed by atoms with van der Waals surface area (Å²) in [6.07, 6.45) is 1.03. The van der Waals surface area contributed by atoms with Gasteiger partial charge in [0.05, 0.1) is 0 Å². The van der Waals surface area contributed by atoms with Crippen LogP contribution in [0.2, 0.25) is 0 Å². The summed E-state index contributed by atoms with van der Waals surface area (Å²) in [5.41, 5.74) is 8.08. The van der Waals surface area contributed by atoms with Crippen LogP contribution in [0.3, 0.4) is 0 Å². The van der Waals surface area contributed by atoms with Gasteiger partial charge in [-0.3, -0.25) is 0 Å². The van der Waals surface area contributed by atoms with Crippen LogP contribution in [0.4, 0.5) is 4.39 Å². The third kappa shape index (κ3) is 3.76. The van der Waals surface area contributed by atoms with Crippen LogP contribution in [0.25, 0.3) is 0 Å². The Hall–Kier alpha value is -0.673. The lowest BCUT2D eigenvalue weighted by atomic mass is 10.1. The van der Waals surface area contributed by atoms with E-state index in [-0.39, 0.29) is 20.5 Å². The van der Waals surface area contributed by atoms with Crippen molar-refractivity contribution in [2.45, 2.75) is 38.4 Å². The third-order valence-corrected chi connectivity index (χ3v) is 5.48. The zero-order valence-electron chi connectivity index (χ0n) is 9.81. The quantitative estimate of drug-likeness (QED) is 0.778. The molecule has 3 heteroatoms. The van der Waals surface area contributed by atoms with Crippen LogP contribution >= 0.6 is 0 Å². The molecule has 1 nitrogen and oxygen atoms in total. The van der Waals surface area contributed by atoms with Crippen molar-refractivity contribution in [3.05, 3.63) is 35.1 Å². The van der Waals surface area contributed by atoms with E-state index in [0.29, 0.717) is 0 Å². The summed E-state index contributed by atoms with van der Waals surface area (Å²) in [5.74, 6) is -0.119. The number of rotatable bonds is 4. The first kappa shape index (κ1) is 12.4. The van der Waals surface area contributed by atoms with Crippen LogP contribution in [0.5, 0.6) is 0 Å². The molecule has 0 spiro atoms. The predicted octanol–water partition coefficient (Wildman–Crippen LogP) is 1.89. The molecule has 0 aliphatic carbocycles. The molecule has 1 unspecified atom stereocenters. The van der Waals surface area contributed by atoms with Crippen molar-refractivity contribution in [2.24, 2.45) is 5.73 Å². The van der Waals surface area contributed by atoms with Crippen molar-refractivity contribution in [2.75, 3.05) is 0 Å². The largest absolute Gasteiger partial charge is 0.329 e. The molecule has 0 fully saturated rings. The van der Waals surface area contributed by atoms with Gasteiger partial charge in [-0.1, -0.05) is 31.5 Å². The molecular formula is C12H20FNSi. The van der Waals surface area contributed by atoms with Gasteiger partial charge in [-0.25, -0.2) is 4.39 Å².